The van der Waals surface area contributed by atoms with Gasteiger partial charge in [0.25, 0.3) is 0 Å². The molecule has 4 rings (SSSR count). The minimum atomic E-state index is -2.57. The number of nitrogens with zero attached hydrogens (tertiary/aromatic N) is 2. The summed E-state index contributed by atoms with van der Waals surface area (Å²) in [7, 11) is -2.57. The Morgan fingerprint density at radius 3 is 2.77 bits per heavy atom. The topological polar surface area (TPSA) is 102 Å². The van der Waals surface area contributed by atoms with Gasteiger partial charge in [0.2, 0.25) is 11.8 Å². The number of aryl methyl sites for hydroxylation is 1. The Kier molecular flexibility index (Phi) is 8.33. The molecule has 5 atom stereocenters. The van der Waals surface area contributed by atoms with Gasteiger partial charge in [-0.2, -0.15) is 0 Å². The molecule has 0 bridgehead atoms. The zero-order chi connectivity index (χ0) is 25.2. The maximum absolute atomic E-state index is 13.1. The number of hydrogen-bond acceptors (Lipinski definition) is 6. The summed E-state index contributed by atoms with van der Waals surface area (Å²) in [6.07, 6.45) is 3.31. The SMILES string of the molecule is C[C@H]1[C@H]([Si](C)(C)O)[C@@H](CC(=O)N2CCC[C@H]2CO)O[C@H]1CCc1cccc(N2CCNCC2=O)c1. The quantitative estimate of drug-likeness (QED) is 0.469. The number of amides is 2. The molecule has 0 saturated carbocycles. The standard InChI is InChI=1S/C26H41N3O5Si/c1-18-22(10-9-19-6-4-7-20(14-19)29-13-11-27-16-25(29)32)34-23(26(18)35(2,3)33)15-24(31)28-12-5-8-21(28)17-30/h4,6-7,14,18,21-23,26-27,30,33H,5,8-13,15-17H2,1-3H3/t18-,21+,22+,23-,26+/m1/s1. The fourth-order valence-corrected chi connectivity index (χ4v) is 8.93. The van der Waals surface area contributed by atoms with Crippen molar-refractivity contribution >= 4 is 25.8 Å². The third-order valence-electron chi connectivity index (χ3n) is 8.03. The van der Waals surface area contributed by atoms with Crippen molar-refractivity contribution in [2.45, 2.75) is 75.9 Å². The summed E-state index contributed by atoms with van der Waals surface area (Å²) in [5.74, 6) is 0.272. The van der Waals surface area contributed by atoms with Crippen molar-refractivity contribution < 1.29 is 24.2 Å². The van der Waals surface area contributed by atoms with E-state index in [4.69, 9.17) is 4.74 Å². The second kappa shape index (κ2) is 11.1. The number of piperazine rings is 1. The number of ether oxygens (including phenoxy) is 1. The molecule has 2 amide bonds. The van der Waals surface area contributed by atoms with Crippen LogP contribution in [0.25, 0.3) is 0 Å². The van der Waals surface area contributed by atoms with Crippen LogP contribution < -0.4 is 10.2 Å². The number of aliphatic hydroxyl groups is 1. The van der Waals surface area contributed by atoms with Crippen LogP contribution in [0.3, 0.4) is 0 Å². The maximum atomic E-state index is 13.1. The fourth-order valence-electron chi connectivity index (χ4n) is 6.32. The summed E-state index contributed by atoms with van der Waals surface area (Å²) < 4.78 is 6.49. The molecule has 0 radical (unpaired) electrons. The first-order valence-electron chi connectivity index (χ1n) is 13.1. The highest BCUT2D eigenvalue weighted by molar-refractivity contribution is 6.71. The largest absolute Gasteiger partial charge is 0.432 e. The van der Waals surface area contributed by atoms with Gasteiger partial charge in [0, 0.05) is 30.9 Å². The van der Waals surface area contributed by atoms with Crippen LogP contribution in [-0.2, 0) is 20.7 Å². The monoisotopic (exact) mass is 503 g/mol. The highest BCUT2D eigenvalue weighted by atomic mass is 28.4. The van der Waals surface area contributed by atoms with Crippen LogP contribution in [0.2, 0.25) is 18.6 Å². The first-order chi connectivity index (χ1) is 16.7. The molecule has 1 aromatic rings. The molecular formula is C26H41N3O5Si. The molecule has 3 aliphatic rings. The third kappa shape index (κ3) is 5.97. The number of rotatable bonds is 8. The first-order valence-corrected chi connectivity index (χ1v) is 16.1. The van der Waals surface area contributed by atoms with E-state index in [1.54, 1.807) is 4.90 Å². The smallest absolute Gasteiger partial charge is 0.240 e. The zero-order valence-electron chi connectivity index (χ0n) is 21.3. The molecule has 0 aromatic heterocycles. The Morgan fingerprint density at radius 2 is 2.06 bits per heavy atom. The van der Waals surface area contributed by atoms with E-state index in [0.717, 1.165) is 43.5 Å². The van der Waals surface area contributed by atoms with Gasteiger partial charge in [-0.25, -0.2) is 0 Å². The molecule has 8 nitrogen and oxygen atoms in total. The van der Waals surface area contributed by atoms with Gasteiger partial charge in [-0.3, -0.25) is 9.59 Å². The van der Waals surface area contributed by atoms with Crippen molar-refractivity contribution in [3.63, 3.8) is 0 Å². The van der Waals surface area contributed by atoms with Gasteiger partial charge in [0.15, 0.2) is 8.32 Å². The van der Waals surface area contributed by atoms with E-state index < -0.39 is 8.32 Å². The predicted octanol–water partition coefficient (Wildman–Crippen LogP) is 1.90. The molecule has 3 heterocycles. The van der Waals surface area contributed by atoms with Gasteiger partial charge in [0.05, 0.1) is 37.8 Å². The molecule has 35 heavy (non-hydrogen) atoms. The molecule has 3 saturated heterocycles. The highest BCUT2D eigenvalue weighted by Crippen LogP contribution is 2.45. The minimum absolute atomic E-state index is 0.00142. The number of nitrogens with one attached hydrogen (secondary N) is 1. The van der Waals surface area contributed by atoms with Crippen LogP contribution in [0.5, 0.6) is 0 Å². The lowest BCUT2D eigenvalue weighted by Crippen LogP contribution is -2.48. The number of hydrogen-bond donors (Lipinski definition) is 3. The first kappa shape index (κ1) is 26.3. The van der Waals surface area contributed by atoms with Crippen LogP contribution in [0.1, 0.15) is 38.2 Å². The lowest BCUT2D eigenvalue weighted by molar-refractivity contribution is -0.135. The summed E-state index contributed by atoms with van der Waals surface area (Å²) in [5, 5.41) is 12.7. The minimum Gasteiger partial charge on any atom is -0.432 e. The molecule has 0 aliphatic carbocycles. The summed E-state index contributed by atoms with van der Waals surface area (Å²) in [6, 6.07) is 8.07. The number of benzene rings is 1. The Bertz CT molecular complexity index is 907. The lowest BCUT2D eigenvalue weighted by atomic mass is 9.95. The second-order valence-electron chi connectivity index (χ2n) is 11.0. The van der Waals surface area contributed by atoms with Crippen LogP contribution in [0.15, 0.2) is 24.3 Å². The molecular weight excluding hydrogens is 462 g/mol. The van der Waals surface area contributed by atoms with Crippen molar-refractivity contribution in [1.82, 2.24) is 10.2 Å². The molecule has 1 aromatic carbocycles. The predicted molar refractivity (Wildman–Crippen MR) is 138 cm³/mol. The van der Waals surface area contributed by atoms with E-state index in [-0.39, 0.29) is 54.6 Å². The van der Waals surface area contributed by atoms with Crippen LogP contribution in [-0.4, -0.2) is 86.0 Å². The Labute approximate surface area is 209 Å². The third-order valence-corrected chi connectivity index (χ3v) is 10.6. The van der Waals surface area contributed by atoms with Crippen molar-refractivity contribution in [3.8, 4) is 0 Å². The number of carbonyl (C=O) groups is 2. The number of likely N-dealkylation sites (tertiary alicyclic amines) is 1. The summed E-state index contributed by atoms with van der Waals surface area (Å²) in [6.45, 7) is 8.55. The van der Waals surface area contributed by atoms with Crippen LogP contribution in [0.4, 0.5) is 5.69 Å². The van der Waals surface area contributed by atoms with E-state index in [1.165, 1.54) is 0 Å². The number of aliphatic hydroxyl groups excluding tert-OH is 1. The molecule has 3 aliphatic heterocycles. The molecule has 3 fully saturated rings. The Hall–Kier alpha value is -1.78. The van der Waals surface area contributed by atoms with Crippen LogP contribution >= 0.6 is 0 Å². The highest BCUT2D eigenvalue weighted by Gasteiger charge is 2.50. The zero-order valence-corrected chi connectivity index (χ0v) is 22.3. The van der Waals surface area contributed by atoms with E-state index in [2.05, 4.69) is 24.4 Å². The van der Waals surface area contributed by atoms with Gasteiger partial charge >= 0.3 is 0 Å². The van der Waals surface area contributed by atoms with Gasteiger partial charge in [0.1, 0.15) is 0 Å². The number of carbonyl (C=O) groups excluding carboxylic acids is 2. The molecule has 9 heteroatoms. The van der Waals surface area contributed by atoms with Gasteiger partial charge < -0.3 is 29.8 Å². The Balaban J connectivity index is 1.41. The van der Waals surface area contributed by atoms with E-state index in [9.17, 15) is 19.5 Å². The van der Waals surface area contributed by atoms with E-state index in [0.29, 0.717) is 19.6 Å². The van der Waals surface area contributed by atoms with Crippen molar-refractivity contribution in [2.75, 3.05) is 37.7 Å². The Morgan fingerprint density at radius 1 is 1.26 bits per heavy atom. The van der Waals surface area contributed by atoms with Gasteiger partial charge in [-0.1, -0.05) is 19.1 Å². The van der Waals surface area contributed by atoms with Gasteiger partial charge in [-0.15, -0.1) is 0 Å². The van der Waals surface area contributed by atoms with E-state index in [1.807, 2.05) is 30.1 Å². The normalized spacial score (nSPS) is 29.7. The molecule has 0 unspecified atom stereocenters. The van der Waals surface area contributed by atoms with Gasteiger partial charge in [-0.05, 0) is 62.4 Å². The maximum Gasteiger partial charge on any atom is 0.240 e. The molecule has 3 N–H and O–H groups in total. The van der Waals surface area contributed by atoms with Crippen molar-refractivity contribution in [1.29, 1.82) is 0 Å². The fraction of sp³-hybridized carbons (Fsp3) is 0.692. The van der Waals surface area contributed by atoms with Crippen molar-refractivity contribution in [3.05, 3.63) is 29.8 Å². The van der Waals surface area contributed by atoms with Crippen molar-refractivity contribution in [2.24, 2.45) is 5.92 Å². The average molecular weight is 504 g/mol. The van der Waals surface area contributed by atoms with E-state index >= 15 is 0 Å². The average Bonchev–Trinajstić information content (AvgIpc) is 3.42. The second-order valence-corrected chi connectivity index (χ2v) is 14.9. The summed E-state index contributed by atoms with van der Waals surface area (Å²) >= 11 is 0. The summed E-state index contributed by atoms with van der Waals surface area (Å²) in [5.41, 5.74) is 2.07. The molecule has 194 valence electrons. The lowest BCUT2D eigenvalue weighted by Gasteiger charge is -2.31. The molecule has 0 spiro atoms. The summed E-state index contributed by atoms with van der Waals surface area (Å²) in [4.78, 5) is 40.1. The van der Waals surface area contributed by atoms with Crippen LogP contribution in [0, 0.1) is 5.92 Å². The number of anilines is 1.